The molecule has 0 aromatic rings. The van der Waals surface area contributed by atoms with E-state index in [1.54, 1.807) is 0 Å². The van der Waals surface area contributed by atoms with Crippen molar-refractivity contribution < 1.29 is 0 Å². The number of hydrogen-bond acceptors (Lipinski definition) is 3. The van der Waals surface area contributed by atoms with Crippen molar-refractivity contribution in [3.05, 3.63) is 0 Å². The maximum absolute atomic E-state index is 6.15. The van der Waals surface area contributed by atoms with E-state index in [1.165, 1.54) is 12.2 Å². The van der Waals surface area contributed by atoms with Crippen molar-refractivity contribution >= 4 is 11.8 Å². The van der Waals surface area contributed by atoms with E-state index < -0.39 is 0 Å². The molecule has 0 saturated carbocycles. The van der Waals surface area contributed by atoms with Crippen LogP contribution >= 0.6 is 11.8 Å². The fourth-order valence-corrected chi connectivity index (χ4v) is 2.09. The first-order valence-corrected chi connectivity index (χ1v) is 6.37. The predicted molar refractivity (Wildman–Crippen MR) is 63.4 cm³/mol. The Labute approximate surface area is 87.2 Å². The van der Waals surface area contributed by atoms with Crippen LogP contribution in [-0.2, 0) is 0 Å². The van der Waals surface area contributed by atoms with Crippen molar-refractivity contribution in [3.63, 3.8) is 0 Å². The lowest BCUT2D eigenvalue weighted by Gasteiger charge is -2.29. The number of nitrogens with zero attached hydrogens (tertiary/aromatic N) is 1. The van der Waals surface area contributed by atoms with Gasteiger partial charge in [0.15, 0.2) is 0 Å². The number of thioether (sulfide) groups is 1. The van der Waals surface area contributed by atoms with Crippen LogP contribution in [0.25, 0.3) is 0 Å². The zero-order valence-electron chi connectivity index (χ0n) is 9.47. The number of rotatable bonds is 7. The van der Waals surface area contributed by atoms with Gasteiger partial charge in [-0.3, -0.25) is 0 Å². The highest BCUT2D eigenvalue weighted by atomic mass is 32.2. The van der Waals surface area contributed by atoms with E-state index in [9.17, 15) is 0 Å². The van der Waals surface area contributed by atoms with Gasteiger partial charge in [-0.1, -0.05) is 13.3 Å². The fourth-order valence-electron chi connectivity index (χ4n) is 1.59. The Hall–Kier alpha value is 0.270. The van der Waals surface area contributed by atoms with Crippen molar-refractivity contribution in [1.82, 2.24) is 4.90 Å². The summed E-state index contributed by atoms with van der Waals surface area (Å²) in [5.74, 6) is 1.19. The maximum atomic E-state index is 6.15. The number of hydrogen-bond donors (Lipinski definition) is 1. The van der Waals surface area contributed by atoms with Crippen LogP contribution in [0.5, 0.6) is 0 Å². The van der Waals surface area contributed by atoms with Crippen LogP contribution in [0.4, 0.5) is 0 Å². The average molecular weight is 204 g/mol. The second-order valence-electron chi connectivity index (χ2n) is 4.13. The van der Waals surface area contributed by atoms with E-state index in [0.29, 0.717) is 0 Å². The first kappa shape index (κ1) is 13.3. The predicted octanol–water partition coefficient (Wildman–Crippen LogP) is 1.80. The number of likely N-dealkylation sites (N-methyl/N-ethyl adjacent to an activating group) is 1. The van der Waals surface area contributed by atoms with Crippen molar-refractivity contribution in [2.75, 3.05) is 32.1 Å². The van der Waals surface area contributed by atoms with Crippen LogP contribution in [-0.4, -0.2) is 42.6 Å². The zero-order chi connectivity index (χ0) is 10.3. The normalized spacial score (nSPS) is 16.2. The minimum absolute atomic E-state index is 0.0120. The minimum Gasteiger partial charge on any atom is -0.324 e. The van der Waals surface area contributed by atoms with Crippen LogP contribution < -0.4 is 5.73 Å². The molecular formula is C10H24N2S. The Bertz CT molecular complexity index is 126. The zero-order valence-corrected chi connectivity index (χ0v) is 10.3. The van der Waals surface area contributed by atoms with Gasteiger partial charge in [0, 0.05) is 24.4 Å². The van der Waals surface area contributed by atoms with E-state index in [2.05, 4.69) is 32.1 Å². The number of nitrogens with two attached hydrogens (primary N) is 1. The lowest BCUT2D eigenvalue weighted by Crippen LogP contribution is -2.47. The quantitative estimate of drug-likeness (QED) is 0.686. The van der Waals surface area contributed by atoms with Gasteiger partial charge in [-0.15, -0.1) is 0 Å². The SMILES string of the molecule is CCCC(C)(N)CN(C)CCSC. The summed E-state index contributed by atoms with van der Waals surface area (Å²) < 4.78 is 0. The van der Waals surface area contributed by atoms with E-state index in [4.69, 9.17) is 5.73 Å². The Morgan fingerprint density at radius 3 is 2.54 bits per heavy atom. The van der Waals surface area contributed by atoms with Crippen LogP contribution in [0.2, 0.25) is 0 Å². The van der Waals surface area contributed by atoms with Crippen LogP contribution in [0.1, 0.15) is 26.7 Å². The van der Waals surface area contributed by atoms with Gasteiger partial charge in [0.1, 0.15) is 0 Å². The van der Waals surface area contributed by atoms with Crippen LogP contribution in [0, 0.1) is 0 Å². The van der Waals surface area contributed by atoms with E-state index >= 15 is 0 Å². The molecule has 13 heavy (non-hydrogen) atoms. The van der Waals surface area contributed by atoms with E-state index in [0.717, 1.165) is 19.5 Å². The Morgan fingerprint density at radius 1 is 1.46 bits per heavy atom. The summed E-state index contributed by atoms with van der Waals surface area (Å²) in [6.45, 7) is 6.47. The molecule has 0 bridgehead atoms. The molecular weight excluding hydrogens is 180 g/mol. The topological polar surface area (TPSA) is 29.3 Å². The second-order valence-corrected chi connectivity index (χ2v) is 5.12. The lowest BCUT2D eigenvalue weighted by atomic mass is 9.97. The Balaban J connectivity index is 3.68. The van der Waals surface area contributed by atoms with E-state index in [-0.39, 0.29) is 5.54 Å². The van der Waals surface area contributed by atoms with Crippen LogP contribution in [0.3, 0.4) is 0 Å². The third-order valence-electron chi connectivity index (χ3n) is 2.13. The Morgan fingerprint density at radius 2 is 2.08 bits per heavy atom. The molecule has 1 unspecified atom stereocenters. The minimum atomic E-state index is -0.0120. The summed E-state index contributed by atoms with van der Waals surface area (Å²) in [6, 6.07) is 0. The molecule has 0 aromatic carbocycles. The van der Waals surface area contributed by atoms with Crippen molar-refractivity contribution in [2.45, 2.75) is 32.2 Å². The largest absolute Gasteiger partial charge is 0.324 e. The van der Waals surface area contributed by atoms with Gasteiger partial charge in [0.2, 0.25) is 0 Å². The standard InChI is InChI=1S/C10H24N2S/c1-5-6-10(2,11)9-12(3)7-8-13-4/h5-9,11H2,1-4H3. The molecule has 0 aliphatic carbocycles. The fraction of sp³-hybridized carbons (Fsp3) is 1.00. The summed E-state index contributed by atoms with van der Waals surface area (Å²) in [6.07, 6.45) is 4.42. The first-order valence-electron chi connectivity index (χ1n) is 4.98. The van der Waals surface area contributed by atoms with Gasteiger partial charge in [-0.25, -0.2) is 0 Å². The second kappa shape index (κ2) is 6.68. The molecule has 0 heterocycles. The molecule has 2 nitrogen and oxygen atoms in total. The summed E-state index contributed by atoms with van der Waals surface area (Å²) in [4.78, 5) is 2.33. The van der Waals surface area contributed by atoms with Gasteiger partial charge >= 0.3 is 0 Å². The third-order valence-corrected chi connectivity index (χ3v) is 2.72. The molecule has 0 amide bonds. The summed E-state index contributed by atoms with van der Waals surface area (Å²) >= 11 is 1.89. The van der Waals surface area contributed by atoms with Crippen molar-refractivity contribution in [1.29, 1.82) is 0 Å². The highest BCUT2D eigenvalue weighted by Gasteiger charge is 2.18. The molecule has 0 fully saturated rings. The maximum Gasteiger partial charge on any atom is 0.0254 e. The lowest BCUT2D eigenvalue weighted by molar-refractivity contribution is 0.258. The van der Waals surface area contributed by atoms with E-state index in [1.807, 2.05) is 11.8 Å². The van der Waals surface area contributed by atoms with Gasteiger partial charge in [0.25, 0.3) is 0 Å². The highest BCUT2D eigenvalue weighted by molar-refractivity contribution is 7.98. The molecule has 3 heteroatoms. The molecule has 0 spiro atoms. The Kier molecular flexibility index (Phi) is 6.82. The first-order chi connectivity index (χ1) is 6.02. The molecule has 0 rings (SSSR count). The molecule has 0 aliphatic rings. The monoisotopic (exact) mass is 204 g/mol. The van der Waals surface area contributed by atoms with Crippen molar-refractivity contribution in [2.24, 2.45) is 5.73 Å². The summed E-state index contributed by atoms with van der Waals surface area (Å²) in [5, 5.41) is 0. The summed E-state index contributed by atoms with van der Waals surface area (Å²) in [5.41, 5.74) is 6.14. The summed E-state index contributed by atoms with van der Waals surface area (Å²) in [7, 11) is 2.15. The van der Waals surface area contributed by atoms with Gasteiger partial charge in [-0.2, -0.15) is 11.8 Å². The molecule has 0 radical (unpaired) electrons. The molecule has 0 aromatic heterocycles. The molecule has 1 atom stereocenters. The van der Waals surface area contributed by atoms with Gasteiger partial charge < -0.3 is 10.6 Å². The van der Waals surface area contributed by atoms with Crippen LogP contribution in [0.15, 0.2) is 0 Å². The smallest absolute Gasteiger partial charge is 0.0254 e. The molecule has 0 saturated heterocycles. The third kappa shape index (κ3) is 7.35. The molecule has 2 N–H and O–H groups in total. The van der Waals surface area contributed by atoms with Gasteiger partial charge in [-0.05, 0) is 26.6 Å². The molecule has 0 aliphatic heterocycles. The average Bonchev–Trinajstić information content (AvgIpc) is 1.99. The molecule has 80 valence electrons. The van der Waals surface area contributed by atoms with Crippen molar-refractivity contribution in [3.8, 4) is 0 Å². The highest BCUT2D eigenvalue weighted by Crippen LogP contribution is 2.10. The van der Waals surface area contributed by atoms with Gasteiger partial charge in [0.05, 0.1) is 0 Å².